The van der Waals surface area contributed by atoms with Crippen LogP contribution in [0.1, 0.15) is 121 Å². The Hall–Kier alpha value is -6.44. The quantitative estimate of drug-likeness (QED) is 0.0686. The predicted molar refractivity (Wildman–Crippen MR) is 291 cm³/mol. The number of allylic oxidation sites excluding steroid dienone is 16. The lowest BCUT2D eigenvalue weighted by atomic mass is 9.65. The van der Waals surface area contributed by atoms with Gasteiger partial charge in [-0.25, -0.2) is 0 Å². The van der Waals surface area contributed by atoms with E-state index in [1.807, 2.05) is 19.9 Å². The highest BCUT2D eigenvalue weighted by molar-refractivity contribution is 5.70. The largest absolute Gasteiger partial charge is 0.351 e. The van der Waals surface area contributed by atoms with Crippen LogP contribution in [0.5, 0.6) is 0 Å². The number of rotatable bonds is 12. The Morgan fingerprint density at radius 3 is 1.82 bits per heavy atom. The van der Waals surface area contributed by atoms with E-state index in [2.05, 4.69) is 273 Å². The lowest BCUT2D eigenvalue weighted by molar-refractivity contribution is 0.529. The molecule has 0 spiro atoms. The van der Waals surface area contributed by atoms with Gasteiger partial charge in [-0.1, -0.05) is 221 Å². The molecule has 5 aromatic rings. The number of anilines is 1. The Morgan fingerprint density at radius 2 is 1.27 bits per heavy atom. The number of hydrogen-bond acceptors (Lipinski definition) is 1. The molecule has 2 aliphatic rings. The molecule has 0 heterocycles. The van der Waals surface area contributed by atoms with Gasteiger partial charge < -0.3 is 4.90 Å². The highest BCUT2D eigenvalue weighted by atomic mass is 15.1. The zero-order chi connectivity index (χ0) is 47.6. The fourth-order valence-corrected chi connectivity index (χ4v) is 9.00. The van der Waals surface area contributed by atoms with E-state index >= 15 is 0 Å². The molecular weight excluding hydrogens is 795 g/mol. The Bertz CT molecular complexity index is 2530. The van der Waals surface area contributed by atoms with Crippen LogP contribution in [0.2, 0.25) is 0 Å². The number of benzene rings is 5. The molecule has 1 atom stereocenters. The van der Waals surface area contributed by atoms with Gasteiger partial charge in [0.15, 0.2) is 0 Å². The third-order valence-corrected chi connectivity index (χ3v) is 13.3. The fraction of sp³-hybridized carbons (Fsp3) is 0.262. The van der Waals surface area contributed by atoms with Gasteiger partial charge in [0.05, 0.1) is 0 Å². The van der Waals surface area contributed by atoms with Crippen LogP contribution in [0.15, 0.2) is 236 Å². The van der Waals surface area contributed by atoms with Crippen molar-refractivity contribution < 1.29 is 0 Å². The molecule has 1 nitrogen and oxygen atoms in total. The van der Waals surface area contributed by atoms with Gasteiger partial charge in [0.25, 0.3) is 0 Å². The Labute approximate surface area is 400 Å². The van der Waals surface area contributed by atoms with Crippen molar-refractivity contribution >= 4 is 11.3 Å². The lowest BCUT2D eigenvalue weighted by Gasteiger charge is -2.38. The molecule has 0 amide bonds. The molecule has 0 N–H and O–H groups in total. The van der Waals surface area contributed by atoms with Crippen molar-refractivity contribution in [3.05, 3.63) is 275 Å². The molecule has 340 valence electrons. The van der Waals surface area contributed by atoms with Crippen molar-refractivity contribution in [3.8, 4) is 0 Å². The monoisotopic (exact) mass is 870 g/mol. The SMILES string of the molecule is C1=CCC(c2ccccc2)=C1.C=CCC(C)(/C=C\N(C)c1ccc2c(c1)C(C)(C)C/C=C(C)\C=C/C2)c1ccccc1C(C)(c1ccccc1)c1ccccc1.C\C=C/C(C)=C(C)/C=C\C. The van der Waals surface area contributed by atoms with Crippen LogP contribution in [0.25, 0.3) is 5.57 Å². The minimum absolute atomic E-state index is 0.0544. The molecule has 0 radical (unpaired) electrons. The molecule has 0 fully saturated rings. The van der Waals surface area contributed by atoms with E-state index in [1.54, 1.807) is 0 Å². The van der Waals surface area contributed by atoms with Gasteiger partial charge in [0.2, 0.25) is 0 Å². The van der Waals surface area contributed by atoms with E-state index in [0.717, 1.165) is 25.7 Å². The van der Waals surface area contributed by atoms with Crippen LogP contribution in [0.3, 0.4) is 0 Å². The third-order valence-electron chi connectivity index (χ3n) is 13.3. The summed E-state index contributed by atoms with van der Waals surface area (Å²) in [5, 5.41) is 0. The summed E-state index contributed by atoms with van der Waals surface area (Å²) in [6.07, 6.45) is 32.3. The van der Waals surface area contributed by atoms with E-state index in [0.29, 0.717) is 0 Å². The molecule has 7 rings (SSSR count). The predicted octanol–water partition coefficient (Wildman–Crippen LogP) is 17.8. The topological polar surface area (TPSA) is 3.24 Å². The minimum Gasteiger partial charge on any atom is -0.351 e. The second-order valence-corrected chi connectivity index (χ2v) is 18.8. The summed E-state index contributed by atoms with van der Waals surface area (Å²) in [4.78, 5) is 2.28. The maximum atomic E-state index is 4.20. The number of fused-ring (bicyclic) bond motifs is 1. The van der Waals surface area contributed by atoms with E-state index in [9.17, 15) is 0 Å². The molecule has 1 unspecified atom stereocenters. The Balaban J connectivity index is 0.000000316. The molecule has 0 saturated carbocycles. The van der Waals surface area contributed by atoms with E-state index < -0.39 is 0 Å². The van der Waals surface area contributed by atoms with Crippen LogP contribution in [-0.2, 0) is 22.7 Å². The summed E-state index contributed by atoms with van der Waals surface area (Å²) in [5.74, 6) is 0. The van der Waals surface area contributed by atoms with Crippen LogP contribution >= 0.6 is 0 Å². The first-order chi connectivity index (χ1) is 31.8. The average molecular weight is 870 g/mol. The molecule has 1 heteroatoms. The number of hydrogen-bond donors (Lipinski definition) is 0. The molecule has 0 saturated heterocycles. The molecule has 0 aliphatic heterocycles. The van der Waals surface area contributed by atoms with E-state index in [4.69, 9.17) is 0 Å². The van der Waals surface area contributed by atoms with Gasteiger partial charge in [-0.2, -0.15) is 0 Å². The molecule has 0 bridgehead atoms. The maximum absolute atomic E-state index is 4.20. The van der Waals surface area contributed by atoms with Crippen molar-refractivity contribution in [2.75, 3.05) is 11.9 Å². The van der Waals surface area contributed by atoms with Crippen LogP contribution < -0.4 is 4.90 Å². The zero-order valence-electron chi connectivity index (χ0n) is 41.7. The number of nitrogens with zero attached hydrogens (tertiary/aromatic N) is 1. The minimum atomic E-state index is -0.331. The molecule has 66 heavy (non-hydrogen) atoms. The summed E-state index contributed by atoms with van der Waals surface area (Å²) in [6.45, 7) is 24.2. The van der Waals surface area contributed by atoms with Gasteiger partial charge in [0, 0.05) is 29.8 Å². The van der Waals surface area contributed by atoms with Crippen molar-refractivity contribution in [1.29, 1.82) is 0 Å². The molecular formula is C65H75N. The van der Waals surface area contributed by atoms with Gasteiger partial charge in [-0.3, -0.25) is 0 Å². The highest BCUT2D eigenvalue weighted by Crippen LogP contribution is 2.45. The second-order valence-electron chi connectivity index (χ2n) is 18.8. The summed E-state index contributed by atoms with van der Waals surface area (Å²) in [7, 11) is 2.17. The smallest absolute Gasteiger partial charge is 0.0426 e. The average Bonchev–Trinajstić information content (AvgIpc) is 3.91. The van der Waals surface area contributed by atoms with Crippen LogP contribution in [0.4, 0.5) is 5.69 Å². The third kappa shape index (κ3) is 13.1. The van der Waals surface area contributed by atoms with Crippen molar-refractivity contribution in [1.82, 2.24) is 0 Å². The standard InChI is InChI=1S/C44H49N.C11H10.C10H16/c1-8-29-43(5,31-32-45(7)38-27-26-35-19-17-18-34(2)28-30-42(3,4)41(35)33-38)39-24-15-16-25-40(39)44(6,36-20-11-9-12-21-36)37-22-13-10-14-23-37;1-2-6-10(7-3-1)11-8-4-5-9-11;1-5-7-9(3)10(4)8-6-2/h8-18,20-28,31-33H,1,19,29-30H2,2-7H3;1-8H,9H2;5-8H,1-4H3/b18-17-,32-31-,34-28-;;7-5-,8-6-,10-9+. The Kier molecular flexibility index (Phi) is 18.5. The van der Waals surface area contributed by atoms with Crippen molar-refractivity contribution in [2.45, 2.75) is 104 Å². The van der Waals surface area contributed by atoms with Crippen molar-refractivity contribution in [2.24, 2.45) is 0 Å². The fourth-order valence-electron chi connectivity index (χ4n) is 9.00. The summed E-state index contributed by atoms with van der Waals surface area (Å²) in [5.41, 5.74) is 15.5. The summed E-state index contributed by atoms with van der Waals surface area (Å²) >= 11 is 0. The lowest BCUT2D eigenvalue weighted by Crippen LogP contribution is -2.31. The zero-order valence-corrected chi connectivity index (χ0v) is 41.7. The van der Waals surface area contributed by atoms with Gasteiger partial charge in [-0.15, -0.1) is 6.58 Å². The second kappa shape index (κ2) is 24.2. The van der Waals surface area contributed by atoms with E-state index in [1.165, 1.54) is 66.9 Å². The first-order valence-corrected chi connectivity index (χ1v) is 23.8. The van der Waals surface area contributed by atoms with E-state index in [-0.39, 0.29) is 16.2 Å². The highest BCUT2D eigenvalue weighted by Gasteiger charge is 2.37. The Morgan fingerprint density at radius 1 is 0.712 bits per heavy atom. The van der Waals surface area contributed by atoms with Gasteiger partial charge in [-0.05, 0) is 140 Å². The molecule has 0 aromatic heterocycles. The maximum Gasteiger partial charge on any atom is 0.0426 e. The summed E-state index contributed by atoms with van der Waals surface area (Å²) in [6, 6.07) is 48.3. The first-order valence-electron chi connectivity index (χ1n) is 23.8. The van der Waals surface area contributed by atoms with Crippen molar-refractivity contribution in [3.63, 3.8) is 0 Å². The van der Waals surface area contributed by atoms with Crippen LogP contribution in [0, 0.1) is 0 Å². The van der Waals surface area contributed by atoms with Gasteiger partial charge in [0.1, 0.15) is 0 Å². The van der Waals surface area contributed by atoms with Crippen LogP contribution in [-0.4, -0.2) is 7.05 Å². The first kappa shape index (κ1) is 50.6. The summed E-state index contributed by atoms with van der Waals surface area (Å²) < 4.78 is 0. The molecule has 5 aromatic carbocycles. The van der Waals surface area contributed by atoms with Gasteiger partial charge >= 0.3 is 0 Å². The molecule has 2 aliphatic carbocycles. The normalized spacial score (nSPS) is 17.0.